The maximum Gasteiger partial charge on any atom is 0.338 e. The summed E-state index contributed by atoms with van der Waals surface area (Å²) in [5.41, 5.74) is 2.11. The molecule has 0 fully saturated rings. The highest BCUT2D eigenvalue weighted by atomic mass is 16.6. The number of carbonyl (C=O) groups is 6. The summed E-state index contributed by atoms with van der Waals surface area (Å²) < 4.78 is 20.1. The lowest BCUT2D eigenvalue weighted by Crippen LogP contribution is -2.55. The number of esters is 4. The Kier molecular flexibility index (Phi) is 10.1. The van der Waals surface area contributed by atoms with Gasteiger partial charge in [0.15, 0.2) is 6.04 Å². The number of hydrogen-bond donors (Lipinski definition) is 1. The Hall–Kier alpha value is -4.74. The van der Waals surface area contributed by atoms with Crippen molar-refractivity contribution in [1.29, 1.82) is 0 Å². The number of methoxy groups -OCH3 is 1. The first-order valence-electron chi connectivity index (χ1n) is 13.1. The first kappa shape index (κ1) is 31.8. The number of rotatable bonds is 10. The Labute approximate surface area is 243 Å². The summed E-state index contributed by atoms with van der Waals surface area (Å²) in [7, 11) is 1.10. The number of carbonyl (C=O) groups excluding carboxylic acids is 6. The largest absolute Gasteiger partial charge is 0.467 e. The van der Waals surface area contributed by atoms with Crippen LogP contribution in [0, 0.1) is 0 Å². The molecule has 1 aliphatic heterocycles. The molecule has 0 aliphatic carbocycles. The van der Waals surface area contributed by atoms with Gasteiger partial charge < -0.3 is 29.2 Å². The molecule has 2 aromatic rings. The van der Waals surface area contributed by atoms with Gasteiger partial charge in [0.25, 0.3) is 5.91 Å². The maximum atomic E-state index is 13.5. The van der Waals surface area contributed by atoms with Crippen LogP contribution in [0.15, 0.2) is 42.5 Å². The molecule has 12 heteroatoms. The zero-order chi connectivity index (χ0) is 31.2. The van der Waals surface area contributed by atoms with E-state index in [9.17, 15) is 28.8 Å². The predicted molar refractivity (Wildman–Crippen MR) is 148 cm³/mol. The lowest BCUT2D eigenvalue weighted by atomic mass is 9.96. The van der Waals surface area contributed by atoms with Gasteiger partial charge in [-0.25, -0.2) is 9.59 Å². The van der Waals surface area contributed by atoms with Crippen LogP contribution in [0.4, 0.5) is 0 Å². The molecule has 224 valence electrons. The van der Waals surface area contributed by atoms with Gasteiger partial charge >= 0.3 is 23.9 Å². The third kappa shape index (κ3) is 7.93. The SMILES string of the molecule is COC(=O)C(COC(C)=O)NC(=O)C(COC(C)=O)N1Cc2c(cccc2-c2ccc(C(=O)OC(C)(C)C)cc2)C1=O. The van der Waals surface area contributed by atoms with Crippen molar-refractivity contribution in [2.24, 2.45) is 0 Å². The van der Waals surface area contributed by atoms with Crippen LogP contribution in [-0.4, -0.2) is 78.6 Å². The van der Waals surface area contributed by atoms with E-state index in [2.05, 4.69) is 5.32 Å². The molecule has 2 aromatic carbocycles. The second kappa shape index (κ2) is 13.3. The van der Waals surface area contributed by atoms with Gasteiger partial charge in [0.2, 0.25) is 5.91 Å². The highest BCUT2D eigenvalue weighted by Crippen LogP contribution is 2.34. The zero-order valence-electron chi connectivity index (χ0n) is 24.3. The number of benzene rings is 2. The number of hydrogen-bond acceptors (Lipinski definition) is 10. The molecule has 0 aromatic heterocycles. The molecule has 1 aliphatic rings. The molecular weight excluding hydrogens is 548 g/mol. The third-order valence-electron chi connectivity index (χ3n) is 6.21. The van der Waals surface area contributed by atoms with Gasteiger partial charge in [-0.05, 0) is 55.7 Å². The van der Waals surface area contributed by atoms with E-state index in [0.717, 1.165) is 26.5 Å². The molecule has 12 nitrogen and oxygen atoms in total. The van der Waals surface area contributed by atoms with Gasteiger partial charge in [-0.15, -0.1) is 0 Å². The van der Waals surface area contributed by atoms with Crippen molar-refractivity contribution in [3.05, 3.63) is 59.2 Å². The lowest BCUT2D eigenvalue weighted by Gasteiger charge is -2.28. The Morgan fingerprint density at radius 2 is 1.50 bits per heavy atom. The first-order chi connectivity index (χ1) is 19.7. The van der Waals surface area contributed by atoms with Crippen molar-refractivity contribution in [3.63, 3.8) is 0 Å². The van der Waals surface area contributed by atoms with Crippen LogP contribution in [0.1, 0.15) is 60.9 Å². The molecule has 0 saturated carbocycles. The van der Waals surface area contributed by atoms with Crippen molar-refractivity contribution in [1.82, 2.24) is 10.2 Å². The van der Waals surface area contributed by atoms with Crippen molar-refractivity contribution >= 4 is 35.7 Å². The minimum absolute atomic E-state index is 0.00958. The number of ether oxygens (including phenoxy) is 4. The number of amides is 2. The first-order valence-corrected chi connectivity index (χ1v) is 13.1. The van der Waals surface area contributed by atoms with Crippen molar-refractivity contribution in [3.8, 4) is 11.1 Å². The van der Waals surface area contributed by atoms with E-state index < -0.39 is 66.6 Å². The standard InChI is InChI=1S/C30H34N2O10/c1-17(33)40-15-24(29(38)39-6)31-26(35)25(16-41-18(2)34)32-14-23-21(8-7-9-22(23)27(32)36)19-10-12-20(13-11-19)28(37)42-30(3,4)5/h7-13,24-25H,14-16H2,1-6H3,(H,31,35). The van der Waals surface area contributed by atoms with Crippen LogP contribution in [-0.2, 0) is 44.7 Å². The van der Waals surface area contributed by atoms with Crippen LogP contribution >= 0.6 is 0 Å². The van der Waals surface area contributed by atoms with Crippen LogP contribution in [0.2, 0.25) is 0 Å². The van der Waals surface area contributed by atoms with Gasteiger partial charge in [-0.1, -0.05) is 24.3 Å². The van der Waals surface area contributed by atoms with Gasteiger partial charge in [-0.3, -0.25) is 19.2 Å². The van der Waals surface area contributed by atoms with Gasteiger partial charge in [0.05, 0.1) is 12.7 Å². The molecule has 0 spiro atoms. The van der Waals surface area contributed by atoms with Crippen LogP contribution < -0.4 is 5.32 Å². The fraction of sp³-hybridized carbons (Fsp3) is 0.400. The Bertz CT molecular complexity index is 1380. The summed E-state index contributed by atoms with van der Waals surface area (Å²) in [4.78, 5) is 75.7. The fourth-order valence-corrected chi connectivity index (χ4v) is 4.28. The molecule has 42 heavy (non-hydrogen) atoms. The molecule has 1 heterocycles. The summed E-state index contributed by atoms with van der Waals surface area (Å²) in [6, 6.07) is 9.19. The van der Waals surface area contributed by atoms with Crippen LogP contribution in [0.5, 0.6) is 0 Å². The summed E-state index contributed by atoms with van der Waals surface area (Å²) in [6.45, 7) is 6.65. The molecule has 2 unspecified atom stereocenters. The van der Waals surface area contributed by atoms with E-state index in [-0.39, 0.29) is 6.54 Å². The number of fused-ring (bicyclic) bond motifs is 1. The van der Waals surface area contributed by atoms with Gasteiger partial charge in [0.1, 0.15) is 24.9 Å². The van der Waals surface area contributed by atoms with E-state index in [1.54, 1.807) is 57.2 Å². The van der Waals surface area contributed by atoms with Crippen LogP contribution in [0.3, 0.4) is 0 Å². The topological polar surface area (TPSA) is 155 Å². The smallest absolute Gasteiger partial charge is 0.338 e. The summed E-state index contributed by atoms with van der Waals surface area (Å²) in [5, 5.41) is 2.43. The van der Waals surface area contributed by atoms with Crippen molar-refractivity contribution < 1.29 is 47.7 Å². The average molecular weight is 583 g/mol. The highest BCUT2D eigenvalue weighted by Gasteiger charge is 2.39. The molecule has 0 saturated heterocycles. The second-order valence-corrected chi connectivity index (χ2v) is 10.5. The molecule has 0 radical (unpaired) electrons. The summed E-state index contributed by atoms with van der Waals surface area (Å²) >= 11 is 0. The van der Waals surface area contributed by atoms with E-state index in [1.807, 2.05) is 6.07 Å². The van der Waals surface area contributed by atoms with Crippen molar-refractivity contribution in [2.75, 3.05) is 20.3 Å². The molecule has 2 amide bonds. The number of nitrogens with one attached hydrogen (secondary N) is 1. The quantitative estimate of drug-likeness (QED) is 0.326. The van der Waals surface area contributed by atoms with E-state index in [4.69, 9.17) is 18.9 Å². The van der Waals surface area contributed by atoms with E-state index in [1.165, 1.54) is 4.90 Å². The Balaban J connectivity index is 1.89. The summed E-state index contributed by atoms with van der Waals surface area (Å²) in [6.07, 6.45) is 0. The Morgan fingerprint density at radius 3 is 2.07 bits per heavy atom. The van der Waals surface area contributed by atoms with E-state index >= 15 is 0 Å². The normalized spacial score (nSPS) is 13.9. The fourth-order valence-electron chi connectivity index (χ4n) is 4.28. The minimum atomic E-state index is -1.36. The zero-order valence-corrected chi connectivity index (χ0v) is 24.3. The average Bonchev–Trinajstić information content (AvgIpc) is 3.25. The molecule has 1 N–H and O–H groups in total. The monoisotopic (exact) mass is 582 g/mol. The molecule has 2 atom stereocenters. The molecule has 3 rings (SSSR count). The molecule has 0 bridgehead atoms. The molecular formula is C30H34N2O10. The van der Waals surface area contributed by atoms with E-state index in [0.29, 0.717) is 22.3 Å². The van der Waals surface area contributed by atoms with Crippen molar-refractivity contribution in [2.45, 2.75) is 58.8 Å². The van der Waals surface area contributed by atoms with Gasteiger partial charge in [0, 0.05) is 26.0 Å². The minimum Gasteiger partial charge on any atom is -0.467 e. The maximum absolute atomic E-state index is 13.5. The Morgan fingerprint density at radius 1 is 0.905 bits per heavy atom. The van der Waals surface area contributed by atoms with Crippen LogP contribution in [0.25, 0.3) is 11.1 Å². The summed E-state index contributed by atoms with van der Waals surface area (Å²) in [5.74, 6) is -3.99. The lowest BCUT2D eigenvalue weighted by molar-refractivity contribution is -0.153. The third-order valence-corrected chi connectivity index (χ3v) is 6.21. The number of nitrogens with zero attached hydrogens (tertiary/aromatic N) is 1. The highest BCUT2D eigenvalue weighted by molar-refractivity contribution is 6.03. The second-order valence-electron chi connectivity index (χ2n) is 10.5. The predicted octanol–water partition coefficient (Wildman–Crippen LogP) is 2.42. The van der Waals surface area contributed by atoms with Gasteiger partial charge in [-0.2, -0.15) is 0 Å².